The lowest BCUT2D eigenvalue weighted by Crippen LogP contribution is -2.39. The van der Waals surface area contributed by atoms with Gasteiger partial charge in [-0.15, -0.1) is 10.2 Å². The highest BCUT2D eigenvalue weighted by molar-refractivity contribution is 9.10. The molecular weight excluding hydrogens is 396 g/mol. The summed E-state index contributed by atoms with van der Waals surface area (Å²) < 4.78 is 8.13. The molecule has 1 unspecified atom stereocenters. The van der Waals surface area contributed by atoms with E-state index < -0.39 is 0 Å². The first-order valence-corrected chi connectivity index (χ1v) is 9.45. The number of nitrogens with one attached hydrogen (secondary N) is 2. The number of methoxy groups -OCH3 is 1. The lowest BCUT2D eigenvalue weighted by atomic mass is 10.1. The van der Waals surface area contributed by atoms with Crippen molar-refractivity contribution in [2.75, 3.05) is 20.3 Å². The average Bonchev–Trinajstić information content (AvgIpc) is 2.95. The summed E-state index contributed by atoms with van der Waals surface area (Å²) in [4.78, 5) is 4.68. The third-order valence-electron chi connectivity index (χ3n) is 4.10. The van der Waals surface area contributed by atoms with Gasteiger partial charge >= 0.3 is 0 Å². The Morgan fingerprint density at radius 2 is 2.12 bits per heavy atom. The van der Waals surface area contributed by atoms with Crippen LogP contribution in [0, 0.1) is 6.92 Å². The summed E-state index contributed by atoms with van der Waals surface area (Å²) in [6, 6.07) is 8.27. The smallest absolute Gasteiger partial charge is 0.192 e. The van der Waals surface area contributed by atoms with Crippen LogP contribution in [0.3, 0.4) is 0 Å². The molecule has 0 aliphatic rings. The zero-order chi connectivity index (χ0) is 18.9. The number of aromatic nitrogens is 3. The number of hydrogen-bond acceptors (Lipinski definition) is 4. The predicted octanol–water partition coefficient (Wildman–Crippen LogP) is 2.72. The summed E-state index contributed by atoms with van der Waals surface area (Å²) >= 11 is 3.61. The fraction of sp³-hybridized carbons (Fsp3) is 0.500. The van der Waals surface area contributed by atoms with Gasteiger partial charge in [-0.3, -0.25) is 0 Å². The molecule has 2 N–H and O–H groups in total. The lowest BCUT2D eigenvalue weighted by molar-refractivity contribution is 0.195. The average molecular weight is 423 g/mol. The summed E-state index contributed by atoms with van der Waals surface area (Å²) in [6.07, 6.45) is 0.906. The number of guanidine groups is 1. The Hall–Kier alpha value is -1.93. The highest BCUT2D eigenvalue weighted by atomic mass is 79.9. The largest absolute Gasteiger partial charge is 0.385 e. The second-order valence-corrected chi connectivity index (χ2v) is 6.90. The standard InChI is InChI=1S/C18H27BrN6O/c1-13(15-8-5-6-9-16(15)19)22-18(20-10-7-11-26-4)21-12-17-24-23-14(2)25(17)3/h5-6,8-9,13H,7,10-12H2,1-4H3,(H2,20,21,22). The molecular formula is C18H27BrN6O. The molecule has 2 rings (SSSR count). The van der Waals surface area contributed by atoms with E-state index in [-0.39, 0.29) is 6.04 Å². The summed E-state index contributed by atoms with van der Waals surface area (Å²) in [5.74, 6) is 2.44. The number of rotatable bonds is 8. The third kappa shape index (κ3) is 5.81. The number of benzene rings is 1. The van der Waals surface area contributed by atoms with E-state index in [4.69, 9.17) is 4.74 Å². The minimum atomic E-state index is 0.0977. The Kier molecular flexibility index (Phi) is 8.06. The van der Waals surface area contributed by atoms with Crippen molar-refractivity contribution in [1.29, 1.82) is 0 Å². The van der Waals surface area contributed by atoms with Crippen LogP contribution in [0.2, 0.25) is 0 Å². The van der Waals surface area contributed by atoms with Crippen molar-refractivity contribution in [3.8, 4) is 0 Å². The molecule has 1 heterocycles. The molecule has 0 aliphatic heterocycles. The molecule has 0 amide bonds. The fourth-order valence-corrected chi connectivity index (χ4v) is 3.05. The topological polar surface area (TPSA) is 76.4 Å². The molecule has 0 saturated carbocycles. The molecule has 0 saturated heterocycles. The van der Waals surface area contributed by atoms with E-state index in [1.807, 2.05) is 36.7 Å². The van der Waals surface area contributed by atoms with E-state index in [1.54, 1.807) is 7.11 Å². The summed E-state index contributed by atoms with van der Waals surface area (Å²) in [5, 5.41) is 15.1. The Balaban J connectivity index is 2.08. The molecule has 26 heavy (non-hydrogen) atoms. The molecule has 0 bridgehead atoms. The molecule has 0 radical (unpaired) electrons. The first kappa shape index (κ1) is 20.4. The maximum absolute atomic E-state index is 5.11. The Morgan fingerprint density at radius 3 is 2.77 bits per heavy atom. The van der Waals surface area contributed by atoms with Crippen molar-refractivity contribution in [1.82, 2.24) is 25.4 Å². The van der Waals surface area contributed by atoms with Gasteiger partial charge in [0.15, 0.2) is 11.8 Å². The number of ether oxygens (including phenoxy) is 1. The Morgan fingerprint density at radius 1 is 1.35 bits per heavy atom. The van der Waals surface area contributed by atoms with Crippen molar-refractivity contribution in [3.63, 3.8) is 0 Å². The first-order valence-electron chi connectivity index (χ1n) is 8.66. The van der Waals surface area contributed by atoms with Gasteiger partial charge in [-0.2, -0.15) is 0 Å². The molecule has 1 aromatic heterocycles. The molecule has 2 aromatic rings. The van der Waals surface area contributed by atoms with Gasteiger partial charge in [0.05, 0.1) is 6.04 Å². The second kappa shape index (κ2) is 10.3. The minimum absolute atomic E-state index is 0.0977. The zero-order valence-electron chi connectivity index (χ0n) is 15.8. The van der Waals surface area contributed by atoms with E-state index >= 15 is 0 Å². The summed E-state index contributed by atoms with van der Waals surface area (Å²) in [6.45, 7) is 5.98. The van der Waals surface area contributed by atoms with Gasteiger partial charge in [-0.05, 0) is 31.9 Å². The van der Waals surface area contributed by atoms with Crippen molar-refractivity contribution >= 4 is 21.9 Å². The van der Waals surface area contributed by atoms with Gasteiger partial charge in [0.25, 0.3) is 0 Å². The SMILES string of the molecule is COCCCNC(=NCc1nnc(C)n1C)NC(C)c1ccccc1Br. The van der Waals surface area contributed by atoms with Crippen LogP contribution in [-0.2, 0) is 18.3 Å². The zero-order valence-corrected chi connectivity index (χ0v) is 17.4. The molecule has 1 atom stereocenters. The van der Waals surface area contributed by atoms with Gasteiger partial charge < -0.3 is 19.9 Å². The molecule has 8 heteroatoms. The Labute approximate surface area is 163 Å². The van der Waals surface area contributed by atoms with E-state index in [0.29, 0.717) is 13.2 Å². The van der Waals surface area contributed by atoms with Crippen LogP contribution >= 0.6 is 15.9 Å². The Bertz CT molecular complexity index is 730. The van der Waals surface area contributed by atoms with Crippen molar-refractivity contribution in [2.45, 2.75) is 32.9 Å². The van der Waals surface area contributed by atoms with Gasteiger partial charge in [-0.25, -0.2) is 4.99 Å². The van der Waals surface area contributed by atoms with Crippen molar-refractivity contribution < 1.29 is 4.74 Å². The van der Waals surface area contributed by atoms with E-state index in [2.05, 4.69) is 54.7 Å². The van der Waals surface area contributed by atoms with E-state index in [9.17, 15) is 0 Å². The number of aliphatic imine (C=N–C) groups is 1. The van der Waals surface area contributed by atoms with Crippen molar-refractivity contribution in [2.24, 2.45) is 12.0 Å². The maximum atomic E-state index is 5.11. The lowest BCUT2D eigenvalue weighted by Gasteiger charge is -2.19. The summed E-state index contributed by atoms with van der Waals surface area (Å²) in [5.41, 5.74) is 1.17. The molecule has 142 valence electrons. The van der Waals surface area contributed by atoms with Crippen LogP contribution in [0.15, 0.2) is 33.7 Å². The third-order valence-corrected chi connectivity index (χ3v) is 4.83. The monoisotopic (exact) mass is 422 g/mol. The normalized spacial score (nSPS) is 12.9. The van der Waals surface area contributed by atoms with E-state index in [1.165, 1.54) is 5.56 Å². The predicted molar refractivity (Wildman–Crippen MR) is 107 cm³/mol. The van der Waals surface area contributed by atoms with Crippen LogP contribution in [0.1, 0.15) is 36.6 Å². The number of aryl methyl sites for hydroxylation is 1. The number of halogens is 1. The maximum Gasteiger partial charge on any atom is 0.192 e. The second-order valence-electron chi connectivity index (χ2n) is 6.05. The number of nitrogens with zero attached hydrogens (tertiary/aromatic N) is 4. The fourth-order valence-electron chi connectivity index (χ4n) is 2.42. The molecule has 7 nitrogen and oxygen atoms in total. The van der Waals surface area contributed by atoms with Gasteiger partial charge in [0, 0.05) is 31.8 Å². The minimum Gasteiger partial charge on any atom is -0.385 e. The van der Waals surface area contributed by atoms with Crippen LogP contribution < -0.4 is 10.6 Å². The van der Waals surface area contributed by atoms with Crippen LogP contribution in [-0.4, -0.2) is 41.0 Å². The first-order chi connectivity index (χ1) is 12.5. The molecule has 1 aromatic carbocycles. The van der Waals surface area contributed by atoms with Gasteiger partial charge in [0.1, 0.15) is 12.4 Å². The van der Waals surface area contributed by atoms with Crippen LogP contribution in [0.25, 0.3) is 0 Å². The van der Waals surface area contributed by atoms with Crippen LogP contribution in [0.4, 0.5) is 0 Å². The van der Waals surface area contributed by atoms with E-state index in [0.717, 1.165) is 35.0 Å². The highest BCUT2D eigenvalue weighted by Crippen LogP contribution is 2.22. The molecule has 0 spiro atoms. The van der Waals surface area contributed by atoms with Gasteiger partial charge in [0.2, 0.25) is 0 Å². The van der Waals surface area contributed by atoms with Crippen molar-refractivity contribution in [3.05, 3.63) is 46.0 Å². The highest BCUT2D eigenvalue weighted by Gasteiger charge is 2.11. The van der Waals surface area contributed by atoms with Gasteiger partial charge in [-0.1, -0.05) is 34.1 Å². The quantitative estimate of drug-likeness (QED) is 0.388. The molecule has 0 aliphatic carbocycles. The van der Waals surface area contributed by atoms with Crippen LogP contribution in [0.5, 0.6) is 0 Å². The molecule has 0 fully saturated rings. The summed E-state index contributed by atoms with van der Waals surface area (Å²) in [7, 11) is 3.65. The number of hydrogen-bond donors (Lipinski definition) is 2.